The first-order chi connectivity index (χ1) is 16.7. The average Bonchev–Trinajstić information content (AvgIpc) is 3.07. The van der Waals surface area contributed by atoms with E-state index in [1.807, 2.05) is 68.7 Å². The number of anilines is 1. The van der Waals surface area contributed by atoms with Crippen molar-refractivity contribution in [1.82, 2.24) is 9.88 Å². The van der Waals surface area contributed by atoms with Gasteiger partial charge in [-0.3, -0.25) is 14.4 Å². The summed E-state index contributed by atoms with van der Waals surface area (Å²) in [6.07, 6.45) is 0. The third-order valence-corrected chi connectivity index (χ3v) is 5.91. The van der Waals surface area contributed by atoms with Gasteiger partial charge in [-0.15, -0.1) is 0 Å². The zero-order valence-electron chi connectivity index (χ0n) is 20.3. The Labute approximate surface area is 204 Å². The lowest BCUT2D eigenvalue weighted by Crippen LogP contribution is -2.32. The predicted octanol–water partition coefficient (Wildman–Crippen LogP) is 3.55. The van der Waals surface area contributed by atoms with Gasteiger partial charge >= 0.3 is 5.97 Å². The first-order valence-corrected chi connectivity index (χ1v) is 11.2. The van der Waals surface area contributed by atoms with Crippen molar-refractivity contribution in [2.45, 2.75) is 34.2 Å². The van der Waals surface area contributed by atoms with Gasteiger partial charge in [-0.05, 0) is 62.1 Å². The van der Waals surface area contributed by atoms with Gasteiger partial charge in [0, 0.05) is 17.8 Å². The van der Waals surface area contributed by atoms with Crippen molar-refractivity contribution in [3.8, 4) is 6.07 Å². The highest BCUT2D eigenvalue weighted by molar-refractivity contribution is 5.97. The molecule has 3 aromatic rings. The summed E-state index contributed by atoms with van der Waals surface area (Å²) in [7, 11) is 0. The Balaban J connectivity index is 1.59. The molecule has 2 N–H and O–H groups in total. The molecule has 2 amide bonds. The molecule has 8 heteroatoms. The lowest BCUT2D eigenvalue weighted by Gasteiger charge is -2.13. The second-order valence-electron chi connectivity index (χ2n) is 8.31. The molecule has 0 spiro atoms. The van der Waals surface area contributed by atoms with E-state index < -0.39 is 24.4 Å². The van der Waals surface area contributed by atoms with Gasteiger partial charge in [0.2, 0.25) is 0 Å². The number of rotatable bonds is 8. The smallest absolute Gasteiger partial charge is 0.325 e. The summed E-state index contributed by atoms with van der Waals surface area (Å²) in [4.78, 5) is 36.9. The molecule has 1 heterocycles. The summed E-state index contributed by atoms with van der Waals surface area (Å²) in [5.41, 5.74) is 5.46. The molecule has 0 atom stereocenters. The number of nitrogens with one attached hydrogen (secondary N) is 2. The zero-order chi connectivity index (χ0) is 25.5. The number of nitriles is 1. The molecule has 0 bridgehead atoms. The Hall–Kier alpha value is -4.38. The molecule has 35 heavy (non-hydrogen) atoms. The maximum atomic E-state index is 12.5. The van der Waals surface area contributed by atoms with E-state index in [4.69, 9.17) is 4.74 Å². The van der Waals surface area contributed by atoms with Crippen molar-refractivity contribution in [2.24, 2.45) is 0 Å². The van der Waals surface area contributed by atoms with Crippen molar-refractivity contribution < 1.29 is 19.1 Å². The standard InChI is InChI=1S/C27H28N4O4/c1-17-10-11-22(12-18(17)2)27(34)29-14-25(33)35-16-24(32)30-26-23(13-28)19(3)20(4)31(26)15-21-8-6-5-7-9-21/h5-12H,14-16H2,1-4H3,(H,29,34)(H,30,32). The summed E-state index contributed by atoms with van der Waals surface area (Å²) in [5, 5.41) is 14.8. The maximum absolute atomic E-state index is 12.5. The third-order valence-electron chi connectivity index (χ3n) is 5.91. The minimum atomic E-state index is -0.745. The molecule has 0 saturated heterocycles. The summed E-state index contributed by atoms with van der Waals surface area (Å²) in [6.45, 7) is 7.10. The topological polar surface area (TPSA) is 113 Å². The average molecular weight is 473 g/mol. The van der Waals surface area contributed by atoms with Crippen LogP contribution in [-0.2, 0) is 20.9 Å². The maximum Gasteiger partial charge on any atom is 0.325 e. The highest BCUT2D eigenvalue weighted by Gasteiger charge is 2.20. The minimum absolute atomic E-state index is 0.357. The van der Waals surface area contributed by atoms with Gasteiger partial charge in [0.05, 0.1) is 5.56 Å². The molecule has 0 saturated carbocycles. The van der Waals surface area contributed by atoms with Crippen LogP contribution in [0.1, 0.15) is 43.9 Å². The van der Waals surface area contributed by atoms with Crippen LogP contribution in [0.15, 0.2) is 48.5 Å². The van der Waals surface area contributed by atoms with Gasteiger partial charge in [-0.2, -0.15) is 5.26 Å². The number of esters is 1. The highest BCUT2D eigenvalue weighted by Crippen LogP contribution is 2.27. The van der Waals surface area contributed by atoms with Crippen LogP contribution in [0, 0.1) is 39.0 Å². The Kier molecular flexibility index (Phi) is 8.05. The number of nitrogens with zero attached hydrogens (tertiary/aromatic N) is 2. The van der Waals surface area contributed by atoms with Crippen molar-refractivity contribution in [3.63, 3.8) is 0 Å². The molecular weight excluding hydrogens is 444 g/mol. The highest BCUT2D eigenvalue weighted by atomic mass is 16.5. The normalized spacial score (nSPS) is 10.4. The van der Waals surface area contributed by atoms with Crippen LogP contribution < -0.4 is 10.6 Å². The third kappa shape index (κ3) is 6.15. The number of hydrogen-bond donors (Lipinski definition) is 2. The number of carbonyl (C=O) groups is 3. The van der Waals surface area contributed by atoms with E-state index in [2.05, 4.69) is 16.7 Å². The van der Waals surface area contributed by atoms with Crippen molar-refractivity contribution >= 4 is 23.6 Å². The van der Waals surface area contributed by atoms with Crippen LogP contribution in [-0.4, -0.2) is 35.5 Å². The molecule has 0 aliphatic carbocycles. The number of aryl methyl sites for hydroxylation is 2. The molecule has 180 valence electrons. The summed E-state index contributed by atoms with van der Waals surface area (Å²) < 4.78 is 6.87. The lowest BCUT2D eigenvalue weighted by molar-refractivity contribution is -0.146. The zero-order valence-corrected chi connectivity index (χ0v) is 20.3. The molecule has 8 nitrogen and oxygen atoms in total. The number of benzene rings is 2. The second-order valence-corrected chi connectivity index (χ2v) is 8.31. The molecular formula is C27H28N4O4. The minimum Gasteiger partial charge on any atom is -0.454 e. The lowest BCUT2D eigenvalue weighted by atomic mass is 10.1. The van der Waals surface area contributed by atoms with Crippen LogP contribution >= 0.6 is 0 Å². The van der Waals surface area contributed by atoms with E-state index in [1.165, 1.54) is 0 Å². The SMILES string of the molecule is Cc1ccc(C(=O)NCC(=O)OCC(=O)Nc2c(C#N)c(C)c(C)n2Cc2ccccc2)cc1C. The van der Waals surface area contributed by atoms with E-state index >= 15 is 0 Å². The van der Waals surface area contributed by atoms with E-state index in [9.17, 15) is 19.6 Å². The fourth-order valence-electron chi connectivity index (χ4n) is 3.60. The molecule has 2 aromatic carbocycles. The first kappa shape index (κ1) is 25.2. The Morgan fingerprint density at radius 3 is 2.37 bits per heavy atom. The van der Waals surface area contributed by atoms with E-state index in [-0.39, 0.29) is 6.54 Å². The van der Waals surface area contributed by atoms with Gasteiger partial charge in [-0.1, -0.05) is 36.4 Å². The molecule has 0 fully saturated rings. The monoisotopic (exact) mass is 472 g/mol. The molecule has 3 rings (SSSR count). The quantitative estimate of drug-likeness (QED) is 0.487. The van der Waals surface area contributed by atoms with Crippen molar-refractivity contribution in [3.05, 3.63) is 87.6 Å². The van der Waals surface area contributed by atoms with Crippen molar-refractivity contribution in [1.29, 1.82) is 5.26 Å². The van der Waals surface area contributed by atoms with Gasteiger partial charge in [-0.25, -0.2) is 0 Å². The number of amides is 2. The van der Waals surface area contributed by atoms with Gasteiger partial charge in [0.1, 0.15) is 18.4 Å². The molecule has 0 unspecified atom stereocenters. The van der Waals surface area contributed by atoms with Crippen LogP contribution in [0.25, 0.3) is 0 Å². The van der Waals surface area contributed by atoms with Gasteiger partial charge < -0.3 is 19.9 Å². The van der Waals surface area contributed by atoms with E-state index in [1.54, 1.807) is 12.1 Å². The second kappa shape index (κ2) is 11.2. The van der Waals surface area contributed by atoms with E-state index in [0.717, 1.165) is 27.9 Å². The van der Waals surface area contributed by atoms with E-state index in [0.29, 0.717) is 23.5 Å². The fourth-order valence-corrected chi connectivity index (χ4v) is 3.60. The first-order valence-electron chi connectivity index (χ1n) is 11.2. The number of carbonyl (C=O) groups excluding carboxylic acids is 3. The number of aromatic nitrogens is 1. The molecule has 1 aromatic heterocycles. The molecule has 0 radical (unpaired) electrons. The van der Waals surface area contributed by atoms with Crippen LogP contribution in [0.4, 0.5) is 5.82 Å². The Bertz CT molecular complexity index is 1300. The van der Waals surface area contributed by atoms with Crippen LogP contribution in [0.2, 0.25) is 0 Å². The van der Waals surface area contributed by atoms with Crippen LogP contribution in [0.5, 0.6) is 0 Å². The Morgan fingerprint density at radius 2 is 1.71 bits per heavy atom. The van der Waals surface area contributed by atoms with Gasteiger partial charge in [0.25, 0.3) is 11.8 Å². The van der Waals surface area contributed by atoms with Crippen molar-refractivity contribution in [2.75, 3.05) is 18.5 Å². The molecule has 0 aliphatic heterocycles. The Morgan fingerprint density at radius 1 is 1.00 bits per heavy atom. The van der Waals surface area contributed by atoms with Crippen LogP contribution in [0.3, 0.4) is 0 Å². The number of hydrogen-bond acceptors (Lipinski definition) is 5. The number of ether oxygens (including phenoxy) is 1. The predicted molar refractivity (Wildman–Crippen MR) is 132 cm³/mol. The summed E-state index contributed by atoms with van der Waals surface area (Å²) >= 11 is 0. The fraction of sp³-hybridized carbons (Fsp3) is 0.259. The van der Waals surface area contributed by atoms with Gasteiger partial charge in [0.15, 0.2) is 6.61 Å². The summed E-state index contributed by atoms with van der Waals surface area (Å²) in [6, 6.07) is 17.1. The molecule has 0 aliphatic rings. The summed E-state index contributed by atoms with van der Waals surface area (Å²) in [5.74, 6) is -1.37. The largest absolute Gasteiger partial charge is 0.454 e.